The van der Waals surface area contributed by atoms with Crippen molar-refractivity contribution in [1.82, 2.24) is 24.9 Å². The normalized spacial score (nSPS) is 23.7. The van der Waals surface area contributed by atoms with E-state index in [1.54, 1.807) is 6.33 Å². The van der Waals surface area contributed by atoms with Gasteiger partial charge in [0.2, 0.25) is 5.91 Å². The van der Waals surface area contributed by atoms with E-state index in [1.165, 1.54) is 0 Å². The van der Waals surface area contributed by atoms with Crippen molar-refractivity contribution in [1.29, 1.82) is 0 Å². The molecule has 0 spiro atoms. The van der Waals surface area contributed by atoms with Gasteiger partial charge >= 0.3 is 0 Å². The lowest BCUT2D eigenvalue weighted by atomic mass is 9.96. The lowest BCUT2D eigenvalue weighted by molar-refractivity contribution is -0.122. The molecule has 2 saturated carbocycles. The summed E-state index contributed by atoms with van der Waals surface area (Å²) in [5, 5.41) is 15.1. The van der Waals surface area contributed by atoms with Gasteiger partial charge < -0.3 is 10.6 Å². The molecule has 2 aliphatic rings. The van der Waals surface area contributed by atoms with E-state index in [1.807, 2.05) is 10.5 Å². The molecule has 0 radical (unpaired) electrons. The molecule has 2 fully saturated rings. The third kappa shape index (κ3) is 3.39. The van der Waals surface area contributed by atoms with Crippen molar-refractivity contribution < 1.29 is 4.79 Å². The van der Waals surface area contributed by atoms with Crippen LogP contribution in [0.25, 0.3) is 5.65 Å². The number of fused-ring (bicyclic) bond motifs is 1. The Kier molecular flexibility index (Phi) is 3.93. The maximum Gasteiger partial charge on any atom is 0.223 e. The highest BCUT2D eigenvalue weighted by atomic mass is 16.2. The van der Waals surface area contributed by atoms with Gasteiger partial charge in [0.05, 0.1) is 0 Å². The number of anilines is 1. The predicted octanol–water partition coefficient (Wildman–Crippen LogP) is 2.39. The number of rotatable bonds is 6. The van der Waals surface area contributed by atoms with Crippen LogP contribution in [0.15, 0.2) is 12.4 Å². The monoisotopic (exact) mass is 356 g/mol. The van der Waals surface area contributed by atoms with Crippen molar-refractivity contribution in [2.24, 2.45) is 17.3 Å². The highest BCUT2D eigenvalue weighted by Crippen LogP contribution is 2.45. The van der Waals surface area contributed by atoms with Gasteiger partial charge in [0.15, 0.2) is 5.65 Å². The average molecular weight is 356 g/mol. The molecule has 0 unspecified atom stereocenters. The van der Waals surface area contributed by atoms with Gasteiger partial charge in [-0.2, -0.15) is 0 Å². The molecule has 0 bridgehead atoms. The summed E-state index contributed by atoms with van der Waals surface area (Å²) in [4.78, 5) is 16.5. The molecule has 7 heteroatoms. The summed E-state index contributed by atoms with van der Waals surface area (Å²) in [6.07, 6.45) is 5.10. The van der Waals surface area contributed by atoms with Crippen LogP contribution >= 0.6 is 0 Å². The molecular weight excluding hydrogens is 328 g/mol. The number of nitrogens with zero attached hydrogens (tertiary/aromatic N) is 4. The average Bonchev–Trinajstić information content (AvgIpc) is 3.47. The minimum absolute atomic E-state index is 0.0780. The lowest BCUT2D eigenvalue weighted by Crippen LogP contribution is -2.34. The predicted molar refractivity (Wildman–Crippen MR) is 99.9 cm³/mol. The lowest BCUT2D eigenvalue weighted by Gasteiger charge is -2.18. The van der Waals surface area contributed by atoms with Crippen LogP contribution in [0.3, 0.4) is 0 Å². The molecule has 0 aliphatic heterocycles. The maximum atomic E-state index is 12.0. The van der Waals surface area contributed by atoms with E-state index in [0.29, 0.717) is 5.92 Å². The minimum Gasteiger partial charge on any atom is -0.369 e. The first-order valence-electron chi connectivity index (χ1n) is 9.50. The zero-order valence-electron chi connectivity index (χ0n) is 16.0. The van der Waals surface area contributed by atoms with E-state index in [2.05, 4.69) is 53.5 Å². The van der Waals surface area contributed by atoms with E-state index in [-0.39, 0.29) is 22.7 Å². The van der Waals surface area contributed by atoms with Gasteiger partial charge in [0, 0.05) is 35.9 Å². The number of aromatic nitrogens is 4. The third-order valence-electron chi connectivity index (χ3n) is 5.66. The largest absolute Gasteiger partial charge is 0.369 e. The van der Waals surface area contributed by atoms with Crippen LogP contribution in [0.5, 0.6) is 0 Å². The molecule has 2 aromatic rings. The fourth-order valence-corrected chi connectivity index (χ4v) is 3.37. The van der Waals surface area contributed by atoms with Crippen LogP contribution in [-0.4, -0.2) is 38.6 Å². The summed E-state index contributed by atoms with van der Waals surface area (Å²) < 4.78 is 1.94. The Morgan fingerprint density at radius 2 is 2.04 bits per heavy atom. The van der Waals surface area contributed by atoms with Gasteiger partial charge in [0.1, 0.15) is 18.0 Å². The van der Waals surface area contributed by atoms with Gasteiger partial charge in [-0.15, -0.1) is 10.2 Å². The Hall–Kier alpha value is -2.18. The van der Waals surface area contributed by atoms with Crippen molar-refractivity contribution in [3.63, 3.8) is 0 Å². The second-order valence-electron chi connectivity index (χ2n) is 9.17. The fourth-order valence-electron chi connectivity index (χ4n) is 3.37. The Bertz CT molecular complexity index is 832. The van der Waals surface area contributed by atoms with Crippen LogP contribution < -0.4 is 10.6 Å². The molecular formula is C19H28N6O. The molecule has 2 N–H and O–H groups in total. The van der Waals surface area contributed by atoms with Crippen LogP contribution in [0.4, 0.5) is 5.82 Å². The highest BCUT2D eigenvalue weighted by molar-refractivity contribution is 5.81. The summed E-state index contributed by atoms with van der Waals surface area (Å²) in [6, 6.07) is 1.93. The van der Waals surface area contributed by atoms with Gasteiger partial charge in [-0.1, -0.05) is 27.7 Å². The topological polar surface area (TPSA) is 84.2 Å². The summed E-state index contributed by atoms with van der Waals surface area (Å²) in [6.45, 7) is 10.0. The smallest absolute Gasteiger partial charge is 0.223 e. The number of carbonyl (C=O) groups excluding carboxylic acids is 1. The Balaban J connectivity index is 1.36. The molecule has 4 rings (SSSR count). The number of hydrogen-bond donors (Lipinski definition) is 2. The quantitative estimate of drug-likeness (QED) is 0.830. The first-order valence-corrected chi connectivity index (χ1v) is 9.50. The molecule has 2 aromatic heterocycles. The number of amides is 1. The van der Waals surface area contributed by atoms with E-state index in [0.717, 1.165) is 49.6 Å². The molecule has 1 amide bonds. The van der Waals surface area contributed by atoms with Gasteiger partial charge in [0.25, 0.3) is 0 Å². The van der Waals surface area contributed by atoms with Gasteiger partial charge in [-0.3, -0.25) is 9.20 Å². The van der Waals surface area contributed by atoms with Crippen LogP contribution in [0.1, 0.15) is 52.8 Å². The van der Waals surface area contributed by atoms with E-state index >= 15 is 0 Å². The standard InChI is InChI=1S/C19H28N6O/c1-12-7-13(12)16(26)21-10-19(5-6-19)9-20-14-8-15-23-24-17(18(2,3)4)25(15)11-22-14/h8,11-13,20H,5-7,9-10H2,1-4H3,(H,21,26)/t12-,13-/m1/s1. The summed E-state index contributed by atoms with van der Waals surface area (Å²) in [5.41, 5.74) is 0.894. The first kappa shape index (κ1) is 17.2. The van der Waals surface area contributed by atoms with Gasteiger partial charge in [-0.05, 0) is 25.2 Å². The van der Waals surface area contributed by atoms with E-state index < -0.39 is 0 Å². The Labute approximate surface area is 154 Å². The van der Waals surface area contributed by atoms with E-state index in [4.69, 9.17) is 0 Å². The van der Waals surface area contributed by atoms with Crippen molar-refractivity contribution in [2.75, 3.05) is 18.4 Å². The molecule has 2 aliphatic carbocycles. The minimum atomic E-state index is -0.0780. The third-order valence-corrected chi connectivity index (χ3v) is 5.66. The number of hydrogen-bond acceptors (Lipinski definition) is 5. The molecule has 2 heterocycles. The molecule has 26 heavy (non-hydrogen) atoms. The molecule has 0 saturated heterocycles. The zero-order valence-corrected chi connectivity index (χ0v) is 16.0. The second-order valence-corrected chi connectivity index (χ2v) is 9.17. The van der Waals surface area contributed by atoms with Crippen LogP contribution in [0.2, 0.25) is 0 Å². The Morgan fingerprint density at radius 3 is 2.65 bits per heavy atom. The number of nitrogens with one attached hydrogen (secondary N) is 2. The highest BCUT2D eigenvalue weighted by Gasteiger charge is 2.45. The SMILES string of the molecule is C[C@@H]1C[C@H]1C(=O)NCC1(CNc2cc3nnc(C(C)(C)C)n3cn2)CC1. The summed E-state index contributed by atoms with van der Waals surface area (Å²) in [7, 11) is 0. The van der Waals surface area contributed by atoms with Crippen LogP contribution in [-0.2, 0) is 10.2 Å². The first-order chi connectivity index (χ1) is 12.3. The Morgan fingerprint density at radius 1 is 1.31 bits per heavy atom. The van der Waals surface area contributed by atoms with Crippen LogP contribution in [0, 0.1) is 17.3 Å². The maximum absolute atomic E-state index is 12.0. The van der Waals surface area contributed by atoms with Crippen molar-refractivity contribution in [3.05, 3.63) is 18.2 Å². The molecule has 0 aromatic carbocycles. The van der Waals surface area contributed by atoms with Gasteiger partial charge in [-0.25, -0.2) is 4.98 Å². The molecule has 2 atom stereocenters. The van der Waals surface area contributed by atoms with Crippen molar-refractivity contribution >= 4 is 17.4 Å². The second kappa shape index (κ2) is 5.93. The number of carbonyl (C=O) groups is 1. The van der Waals surface area contributed by atoms with E-state index in [9.17, 15) is 4.79 Å². The fraction of sp³-hybridized carbons (Fsp3) is 0.684. The summed E-state index contributed by atoms with van der Waals surface area (Å²) >= 11 is 0. The zero-order chi connectivity index (χ0) is 18.5. The molecule has 140 valence electrons. The van der Waals surface area contributed by atoms with Crippen molar-refractivity contribution in [3.8, 4) is 0 Å². The molecule has 7 nitrogen and oxygen atoms in total. The van der Waals surface area contributed by atoms with Crippen molar-refractivity contribution in [2.45, 2.75) is 52.4 Å². The summed E-state index contributed by atoms with van der Waals surface area (Å²) in [5.74, 6) is 2.73.